The highest BCUT2D eigenvalue weighted by Gasteiger charge is 2.28. The third-order valence-electron chi connectivity index (χ3n) is 1.44. The summed E-state index contributed by atoms with van der Waals surface area (Å²) in [5.74, 6) is -4.15. The fraction of sp³-hybridized carbons (Fsp3) is 0.857. The number of rotatable bonds is 4. The Kier molecular flexibility index (Phi) is 4.16. The Bertz CT molecular complexity index is 148. The molecule has 0 heterocycles. The van der Waals surface area contributed by atoms with Crippen molar-refractivity contribution in [3.63, 3.8) is 0 Å². The molecule has 5 nitrogen and oxygen atoms in total. The van der Waals surface area contributed by atoms with E-state index in [1.807, 2.05) is 0 Å². The lowest BCUT2D eigenvalue weighted by Gasteiger charge is -2.21. The minimum atomic E-state index is -2.78. The Hall–Kier alpha value is -0.650. The summed E-state index contributed by atoms with van der Waals surface area (Å²) >= 11 is 0. The van der Waals surface area contributed by atoms with Crippen molar-refractivity contribution in [3.8, 4) is 0 Å². The summed E-state index contributed by atoms with van der Waals surface area (Å²) in [7, 11) is 0. The van der Waals surface area contributed by atoms with Crippen molar-refractivity contribution in [1.82, 2.24) is 0 Å². The highest BCUT2D eigenvalue weighted by Crippen LogP contribution is 2.10. The third-order valence-corrected chi connectivity index (χ3v) is 1.44. The summed E-state index contributed by atoms with van der Waals surface area (Å²) < 4.78 is 4.56. The van der Waals surface area contributed by atoms with Crippen molar-refractivity contribution in [3.05, 3.63) is 0 Å². The molecule has 1 atom stereocenters. The van der Waals surface area contributed by atoms with Crippen LogP contribution in [-0.4, -0.2) is 33.9 Å². The number of ether oxygens (including phenoxy) is 1. The van der Waals surface area contributed by atoms with Crippen LogP contribution in [0.4, 0.5) is 0 Å². The molecule has 5 heteroatoms. The van der Waals surface area contributed by atoms with E-state index in [4.69, 9.17) is 15.3 Å². The molecule has 0 saturated carbocycles. The van der Waals surface area contributed by atoms with Crippen LogP contribution < -0.4 is 0 Å². The standard InChI is InChI=1S/C7H14O5/c1-3-6(8)12-4-5(2)7(9,10)11/h5,9-11H,3-4H2,1-2H3. The first kappa shape index (κ1) is 11.4. The van der Waals surface area contributed by atoms with E-state index in [0.717, 1.165) is 0 Å². The van der Waals surface area contributed by atoms with Crippen LogP contribution in [0.5, 0.6) is 0 Å². The van der Waals surface area contributed by atoms with Crippen molar-refractivity contribution in [2.75, 3.05) is 6.61 Å². The summed E-state index contributed by atoms with van der Waals surface area (Å²) in [6, 6.07) is 0. The Labute approximate surface area is 70.6 Å². The topological polar surface area (TPSA) is 87.0 Å². The first-order valence-electron chi connectivity index (χ1n) is 3.70. The van der Waals surface area contributed by atoms with E-state index in [1.54, 1.807) is 6.92 Å². The van der Waals surface area contributed by atoms with Gasteiger partial charge < -0.3 is 20.1 Å². The molecule has 0 aliphatic rings. The quantitative estimate of drug-likeness (QED) is 0.388. The van der Waals surface area contributed by atoms with Gasteiger partial charge in [-0.05, 0) is 0 Å². The molecule has 12 heavy (non-hydrogen) atoms. The average molecular weight is 178 g/mol. The zero-order chi connectivity index (χ0) is 9.78. The fourth-order valence-electron chi connectivity index (χ4n) is 0.432. The zero-order valence-corrected chi connectivity index (χ0v) is 7.15. The average Bonchev–Trinajstić information content (AvgIpc) is 1.97. The second kappa shape index (κ2) is 4.39. The maximum atomic E-state index is 10.6. The molecule has 0 aliphatic heterocycles. The Balaban J connectivity index is 3.72. The van der Waals surface area contributed by atoms with Gasteiger partial charge in [0.15, 0.2) is 0 Å². The maximum Gasteiger partial charge on any atom is 0.305 e. The predicted molar refractivity (Wildman–Crippen MR) is 39.8 cm³/mol. The summed E-state index contributed by atoms with van der Waals surface area (Å²) in [6.07, 6.45) is 0.224. The van der Waals surface area contributed by atoms with Gasteiger partial charge in [-0.1, -0.05) is 13.8 Å². The summed E-state index contributed by atoms with van der Waals surface area (Å²) in [5, 5.41) is 25.8. The first-order valence-corrected chi connectivity index (χ1v) is 3.70. The molecule has 0 amide bonds. The lowest BCUT2D eigenvalue weighted by molar-refractivity contribution is -0.342. The van der Waals surface area contributed by atoms with Crippen molar-refractivity contribution in [2.45, 2.75) is 26.2 Å². The molecule has 0 bridgehead atoms. The molecule has 0 aromatic rings. The SMILES string of the molecule is CCC(=O)OCC(C)C(O)(O)O. The molecule has 1 unspecified atom stereocenters. The monoisotopic (exact) mass is 178 g/mol. The molecule has 72 valence electrons. The van der Waals surface area contributed by atoms with Gasteiger partial charge in [-0.15, -0.1) is 0 Å². The normalized spacial score (nSPS) is 14.1. The van der Waals surface area contributed by atoms with Crippen LogP contribution in [-0.2, 0) is 9.53 Å². The molecule has 3 N–H and O–H groups in total. The van der Waals surface area contributed by atoms with Crippen LogP contribution in [0.25, 0.3) is 0 Å². The van der Waals surface area contributed by atoms with E-state index in [9.17, 15) is 4.79 Å². The molecule has 0 rings (SSSR count). The molecule has 0 spiro atoms. The lowest BCUT2D eigenvalue weighted by atomic mass is 10.1. The number of hydrogen-bond acceptors (Lipinski definition) is 5. The van der Waals surface area contributed by atoms with Crippen LogP contribution in [0, 0.1) is 5.92 Å². The van der Waals surface area contributed by atoms with Gasteiger partial charge in [-0.2, -0.15) is 0 Å². The molecular weight excluding hydrogens is 164 g/mol. The minimum absolute atomic E-state index is 0.212. The van der Waals surface area contributed by atoms with Crippen LogP contribution in [0.3, 0.4) is 0 Å². The van der Waals surface area contributed by atoms with Crippen molar-refractivity contribution in [1.29, 1.82) is 0 Å². The van der Waals surface area contributed by atoms with Crippen LogP contribution >= 0.6 is 0 Å². The first-order chi connectivity index (χ1) is 5.38. The number of esters is 1. The second-order valence-corrected chi connectivity index (χ2v) is 2.62. The Morgan fingerprint density at radius 2 is 2.00 bits per heavy atom. The van der Waals surface area contributed by atoms with Gasteiger partial charge >= 0.3 is 5.97 Å². The van der Waals surface area contributed by atoms with Crippen LogP contribution in [0.2, 0.25) is 0 Å². The van der Waals surface area contributed by atoms with Gasteiger partial charge in [0, 0.05) is 6.42 Å². The molecule has 0 aliphatic carbocycles. The largest absolute Gasteiger partial charge is 0.465 e. The minimum Gasteiger partial charge on any atom is -0.465 e. The van der Waals surface area contributed by atoms with E-state index in [2.05, 4.69) is 4.74 Å². The number of carbonyl (C=O) groups is 1. The molecule has 0 saturated heterocycles. The fourth-order valence-corrected chi connectivity index (χ4v) is 0.432. The molecule has 0 fully saturated rings. The Morgan fingerprint density at radius 1 is 1.50 bits per heavy atom. The van der Waals surface area contributed by atoms with Crippen LogP contribution in [0.1, 0.15) is 20.3 Å². The van der Waals surface area contributed by atoms with E-state index in [0.29, 0.717) is 0 Å². The van der Waals surface area contributed by atoms with E-state index < -0.39 is 17.9 Å². The number of carbonyl (C=O) groups excluding carboxylic acids is 1. The van der Waals surface area contributed by atoms with E-state index in [-0.39, 0.29) is 13.0 Å². The smallest absolute Gasteiger partial charge is 0.305 e. The zero-order valence-electron chi connectivity index (χ0n) is 7.15. The number of hydrogen-bond donors (Lipinski definition) is 3. The van der Waals surface area contributed by atoms with Crippen molar-refractivity contribution >= 4 is 5.97 Å². The van der Waals surface area contributed by atoms with Crippen molar-refractivity contribution < 1.29 is 24.9 Å². The molecular formula is C7H14O5. The van der Waals surface area contributed by atoms with Gasteiger partial charge in [0.05, 0.1) is 5.92 Å². The van der Waals surface area contributed by atoms with Gasteiger partial charge in [0.1, 0.15) is 6.61 Å². The van der Waals surface area contributed by atoms with Crippen molar-refractivity contribution in [2.24, 2.45) is 5.92 Å². The summed E-state index contributed by atoms with van der Waals surface area (Å²) in [4.78, 5) is 10.6. The second-order valence-electron chi connectivity index (χ2n) is 2.62. The predicted octanol–water partition coefficient (Wildman–Crippen LogP) is -0.794. The Morgan fingerprint density at radius 3 is 2.33 bits per heavy atom. The highest BCUT2D eigenvalue weighted by atomic mass is 16.7. The molecule has 0 aromatic carbocycles. The maximum absolute atomic E-state index is 10.6. The van der Waals surface area contributed by atoms with Crippen LogP contribution in [0.15, 0.2) is 0 Å². The summed E-state index contributed by atoms with van der Waals surface area (Å²) in [6.45, 7) is 2.76. The van der Waals surface area contributed by atoms with Gasteiger partial charge in [-0.25, -0.2) is 0 Å². The number of aliphatic hydroxyl groups is 3. The van der Waals surface area contributed by atoms with E-state index >= 15 is 0 Å². The van der Waals surface area contributed by atoms with Gasteiger partial charge in [-0.3, -0.25) is 4.79 Å². The lowest BCUT2D eigenvalue weighted by Crippen LogP contribution is -2.38. The van der Waals surface area contributed by atoms with E-state index in [1.165, 1.54) is 6.92 Å². The molecule has 0 aromatic heterocycles. The molecule has 0 radical (unpaired) electrons. The third kappa shape index (κ3) is 4.27. The van der Waals surface area contributed by atoms with Gasteiger partial charge in [0.2, 0.25) is 0 Å². The highest BCUT2D eigenvalue weighted by molar-refractivity contribution is 5.68. The van der Waals surface area contributed by atoms with Gasteiger partial charge in [0.25, 0.3) is 5.97 Å². The summed E-state index contributed by atoms with van der Waals surface area (Å²) in [5.41, 5.74) is 0.